The molecular weight excluding hydrogens is 336 g/mol. The molecule has 0 atom stereocenters. The van der Waals surface area contributed by atoms with Crippen LogP contribution in [0.2, 0.25) is 5.02 Å². The zero-order valence-electron chi connectivity index (χ0n) is 14.3. The fourth-order valence-electron chi connectivity index (χ4n) is 2.89. The molecule has 0 aliphatic carbocycles. The maximum absolute atomic E-state index is 12.7. The lowest BCUT2D eigenvalue weighted by Gasteiger charge is -2.11. The van der Waals surface area contributed by atoms with Crippen molar-refractivity contribution in [1.29, 1.82) is 0 Å². The molecule has 5 heteroatoms. The third kappa shape index (κ3) is 3.39. The van der Waals surface area contributed by atoms with Gasteiger partial charge in [0.1, 0.15) is 5.75 Å². The van der Waals surface area contributed by atoms with Crippen LogP contribution in [-0.2, 0) is 0 Å². The van der Waals surface area contributed by atoms with Gasteiger partial charge < -0.3 is 14.6 Å². The lowest BCUT2D eigenvalue weighted by Crippen LogP contribution is -2.13. The average Bonchev–Trinajstić information content (AvgIpc) is 2.91. The van der Waals surface area contributed by atoms with Gasteiger partial charge in [0.05, 0.1) is 23.4 Å². The van der Waals surface area contributed by atoms with Crippen molar-refractivity contribution in [2.75, 3.05) is 12.4 Å². The molecule has 0 aliphatic rings. The molecule has 25 heavy (non-hydrogen) atoms. The van der Waals surface area contributed by atoms with Crippen molar-refractivity contribution in [2.24, 2.45) is 0 Å². The first-order valence-electron chi connectivity index (χ1n) is 7.90. The maximum atomic E-state index is 12.7. The van der Waals surface area contributed by atoms with Gasteiger partial charge in [-0.3, -0.25) is 4.79 Å². The van der Waals surface area contributed by atoms with Crippen LogP contribution in [0.5, 0.6) is 5.75 Å². The Balaban J connectivity index is 1.96. The standard InChI is InChI=1S/C20H19ClN2O2/c1-13-11-17(20(24)22-19-10-5-4-9-18(19)21)14(2)23(13)15-7-6-8-16(12-15)25-3/h4-12H,1-3H3,(H,22,24). The van der Waals surface area contributed by atoms with E-state index in [0.29, 0.717) is 16.3 Å². The van der Waals surface area contributed by atoms with Crippen LogP contribution in [0.3, 0.4) is 0 Å². The van der Waals surface area contributed by atoms with E-state index in [0.717, 1.165) is 22.8 Å². The number of carbonyl (C=O) groups is 1. The highest BCUT2D eigenvalue weighted by atomic mass is 35.5. The molecule has 0 fully saturated rings. The predicted octanol–water partition coefficient (Wildman–Crippen LogP) is 5.01. The summed E-state index contributed by atoms with van der Waals surface area (Å²) >= 11 is 6.13. The number of methoxy groups -OCH3 is 1. The van der Waals surface area contributed by atoms with E-state index in [1.54, 1.807) is 19.2 Å². The average molecular weight is 355 g/mol. The summed E-state index contributed by atoms with van der Waals surface area (Å²) in [5, 5.41) is 3.38. The fraction of sp³-hybridized carbons (Fsp3) is 0.150. The van der Waals surface area contributed by atoms with Gasteiger partial charge in [-0.25, -0.2) is 0 Å². The van der Waals surface area contributed by atoms with Crippen molar-refractivity contribution in [3.63, 3.8) is 0 Å². The minimum atomic E-state index is -0.185. The lowest BCUT2D eigenvalue weighted by atomic mass is 10.2. The Morgan fingerprint density at radius 3 is 2.56 bits per heavy atom. The second-order valence-corrected chi connectivity index (χ2v) is 6.16. The van der Waals surface area contributed by atoms with Crippen LogP contribution in [0, 0.1) is 13.8 Å². The van der Waals surface area contributed by atoms with Gasteiger partial charge in [0.25, 0.3) is 5.91 Å². The summed E-state index contributed by atoms with van der Waals surface area (Å²) in [6.07, 6.45) is 0. The lowest BCUT2D eigenvalue weighted by molar-refractivity contribution is 0.102. The second kappa shape index (κ2) is 7.03. The fourth-order valence-corrected chi connectivity index (χ4v) is 3.07. The Kier molecular flexibility index (Phi) is 4.81. The third-order valence-electron chi connectivity index (χ3n) is 4.11. The minimum Gasteiger partial charge on any atom is -0.497 e. The van der Waals surface area contributed by atoms with E-state index in [4.69, 9.17) is 16.3 Å². The first-order chi connectivity index (χ1) is 12.0. The molecule has 128 valence electrons. The number of para-hydroxylation sites is 1. The number of benzene rings is 2. The summed E-state index contributed by atoms with van der Waals surface area (Å²) in [5.74, 6) is 0.586. The van der Waals surface area contributed by atoms with Crippen LogP contribution in [0.1, 0.15) is 21.7 Å². The Morgan fingerprint density at radius 1 is 1.08 bits per heavy atom. The van der Waals surface area contributed by atoms with E-state index < -0.39 is 0 Å². The van der Waals surface area contributed by atoms with Crippen molar-refractivity contribution in [1.82, 2.24) is 4.57 Å². The molecule has 1 amide bonds. The number of rotatable bonds is 4. The predicted molar refractivity (Wildman–Crippen MR) is 101 cm³/mol. The monoisotopic (exact) mass is 354 g/mol. The molecule has 0 radical (unpaired) electrons. The van der Waals surface area contributed by atoms with Crippen LogP contribution >= 0.6 is 11.6 Å². The molecule has 0 spiro atoms. The van der Waals surface area contributed by atoms with Gasteiger partial charge in [0.15, 0.2) is 0 Å². The molecule has 1 heterocycles. The van der Waals surface area contributed by atoms with Crippen molar-refractivity contribution in [2.45, 2.75) is 13.8 Å². The van der Waals surface area contributed by atoms with Gasteiger partial charge in [0, 0.05) is 23.1 Å². The van der Waals surface area contributed by atoms with E-state index in [1.165, 1.54) is 0 Å². The SMILES string of the molecule is COc1cccc(-n2c(C)cc(C(=O)Nc3ccccc3Cl)c2C)c1. The summed E-state index contributed by atoms with van der Waals surface area (Å²) < 4.78 is 7.33. The van der Waals surface area contributed by atoms with Gasteiger partial charge in [0.2, 0.25) is 0 Å². The Bertz CT molecular complexity index is 931. The molecule has 3 rings (SSSR count). The summed E-state index contributed by atoms with van der Waals surface area (Å²) in [6.45, 7) is 3.90. The van der Waals surface area contributed by atoms with Gasteiger partial charge in [-0.15, -0.1) is 0 Å². The largest absolute Gasteiger partial charge is 0.497 e. The number of amides is 1. The Labute approximate surface area is 152 Å². The van der Waals surface area contributed by atoms with E-state index in [9.17, 15) is 4.79 Å². The van der Waals surface area contributed by atoms with Gasteiger partial charge in [-0.05, 0) is 44.2 Å². The number of hydrogen-bond donors (Lipinski definition) is 1. The summed E-state index contributed by atoms with van der Waals surface area (Å²) in [4.78, 5) is 12.7. The van der Waals surface area contributed by atoms with E-state index >= 15 is 0 Å². The first kappa shape index (κ1) is 17.1. The normalized spacial score (nSPS) is 10.6. The van der Waals surface area contributed by atoms with Gasteiger partial charge >= 0.3 is 0 Å². The van der Waals surface area contributed by atoms with E-state index in [2.05, 4.69) is 5.32 Å². The van der Waals surface area contributed by atoms with Crippen LogP contribution in [0.4, 0.5) is 5.69 Å². The number of aromatic nitrogens is 1. The zero-order chi connectivity index (χ0) is 18.0. The van der Waals surface area contributed by atoms with Crippen molar-refractivity contribution < 1.29 is 9.53 Å². The molecule has 0 saturated carbocycles. The van der Waals surface area contributed by atoms with Crippen LogP contribution in [0.15, 0.2) is 54.6 Å². The molecule has 2 aromatic carbocycles. The molecule has 0 aliphatic heterocycles. The minimum absolute atomic E-state index is 0.185. The number of nitrogens with zero attached hydrogens (tertiary/aromatic N) is 1. The molecule has 0 saturated heterocycles. The zero-order valence-corrected chi connectivity index (χ0v) is 15.1. The topological polar surface area (TPSA) is 43.3 Å². The molecular formula is C20H19ClN2O2. The number of halogens is 1. The van der Waals surface area contributed by atoms with Crippen molar-refractivity contribution in [3.05, 3.63) is 76.6 Å². The van der Waals surface area contributed by atoms with E-state index in [-0.39, 0.29) is 5.91 Å². The van der Waals surface area contributed by atoms with Gasteiger partial charge in [-0.2, -0.15) is 0 Å². The van der Waals surface area contributed by atoms with Crippen molar-refractivity contribution >= 4 is 23.2 Å². The molecule has 4 nitrogen and oxygen atoms in total. The number of carbonyl (C=O) groups excluding carboxylic acids is 1. The third-order valence-corrected chi connectivity index (χ3v) is 4.44. The first-order valence-corrected chi connectivity index (χ1v) is 8.28. The van der Waals surface area contributed by atoms with Crippen LogP contribution in [0.25, 0.3) is 5.69 Å². The highest BCUT2D eigenvalue weighted by Crippen LogP contribution is 2.26. The van der Waals surface area contributed by atoms with Crippen LogP contribution < -0.4 is 10.1 Å². The number of anilines is 1. The Hall–Kier alpha value is -2.72. The molecule has 1 N–H and O–H groups in total. The number of aryl methyl sites for hydroxylation is 1. The summed E-state index contributed by atoms with van der Waals surface area (Å²) in [6, 6.07) is 16.8. The summed E-state index contributed by atoms with van der Waals surface area (Å²) in [5.41, 5.74) is 3.98. The van der Waals surface area contributed by atoms with Crippen molar-refractivity contribution in [3.8, 4) is 11.4 Å². The number of nitrogens with one attached hydrogen (secondary N) is 1. The number of ether oxygens (including phenoxy) is 1. The maximum Gasteiger partial charge on any atom is 0.257 e. The quantitative estimate of drug-likeness (QED) is 0.715. The highest BCUT2D eigenvalue weighted by molar-refractivity contribution is 6.33. The molecule has 1 aromatic heterocycles. The molecule has 3 aromatic rings. The van der Waals surface area contributed by atoms with Gasteiger partial charge in [-0.1, -0.05) is 29.8 Å². The molecule has 0 unspecified atom stereocenters. The Morgan fingerprint density at radius 2 is 1.84 bits per heavy atom. The highest BCUT2D eigenvalue weighted by Gasteiger charge is 2.17. The second-order valence-electron chi connectivity index (χ2n) is 5.76. The van der Waals surface area contributed by atoms with E-state index in [1.807, 2.05) is 60.9 Å². The van der Waals surface area contributed by atoms with Crippen LogP contribution in [-0.4, -0.2) is 17.6 Å². The smallest absolute Gasteiger partial charge is 0.257 e. The number of hydrogen-bond acceptors (Lipinski definition) is 2. The molecule has 0 bridgehead atoms. The summed E-state index contributed by atoms with van der Waals surface area (Å²) in [7, 11) is 1.64.